The van der Waals surface area contributed by atoms with Gasteiger partial charge in [-0.25, -0.2) is 4.98 Å². The molecule has 0 saturated carbocycles. The van der Waals surface area contributed by atoms with Gasteiger partial charge in [-0.3, -0.25) is 0 Å². The molecule has 12 heavy (non-hydrogen) atoms. The van der Waals surface area contributed by atoms with Crippen LogP contribution in [-0.4, -0.2) is 4.98 Å². The molecule has 3 heteroatoms. The van der Waals surface area contributed by atoms with Gasteiger partial charge in [-0.1, -0.05) is 6.92 Å². The second-order valence-corrected chi connectivity index (χ2v) is 2.89. The van der Waals surface area contributed by atoms with Crippen LogP contribution in [0, 0.1) is 12.9 Å². The standard InChI is InChI=1S/C9H13FN2/c1-3-8(11)7-4-6(2)9(10)12-5-7/h4-5,8H,3,11H2,1-2H3/t8-/m1/s1. The molecule has 0 bridgehead atoms. The predicted molar refractivity (Wildman–Crippen MR) is 46.2 cm³/mol. The Kier molecular flexibility index (Phi) is 2.76. The summed E-state index contributed by atoms with van der Waals surface area (Å²) in [7, 11) is 0. The highest BCUT2D eigenvalue weighted by molar-refractivity contribution is 5.20. The monoisotopic (exact) mass is 168 g/mol. The second kappa shape index (κ2) is 3.63. The molecular weight excluding hydrogens is 155 g/mol. The van der Waals surface area contributed by atoms with Gasteiger partial charge in [-0.2, -0.15) is 4.39 Å². The van der Waals surface area contributed by atoms with E-state index >= 15 is 0 Å². The summed E-state index contributed by atoms with van der Waals surface area (Å²) in [6.07, 6.45) is 2.34. The van der Waals surface area contributed by atoms with E-state index in [1.807, 2.05) is 6.92 Å². The quantitative estimate of drug-likeness (QED) is 0.685. The number of nitrogens with zero attached hydrogens (tertiary/aromatic N) is 1. The van der Waals surface area contributed by atoms with Crippen LogP contribution in [0.4, 0.5) is 4.39 Å². The Morgan fingerprint density at radius 2 is 2.33 bits per heavy atom. The van der Waals surface area contributed by atoms with E-state index < -0.39 is 5.95 Å². The van der Waals surface area contributed by atoms with E-state index in [1.54, 1.807) is 13.0 Å². The summed E-state index contributed by atoms with van der Waals surface area (Å²) in [5, 5.41) is 0. The molecule has 0 aliphatic rings. The Morgan fingerprint density at radius 1 is 1.67 bits per heavy atom. The third-order valence-corrected chi connectivity index (χ3v) is 1.90. The first-order valence-corrected chi connectivity index (χ1v) is 4.02. The highest BCUT2D eigenvalue weighted by Crippen LogP contribution is 2.14. The summed E-state index contributed by atoms with van der Waals surface area (Å²) in [6.45, 7) is 3.68. The largest absolute Gasteiger partial charge is 0.324 e. The van der Waals surface area contributed by atoms with Crippen LogP contribution in [0.15, 0.2) is 12.3 Å². The van der Waals surface area contributed by atoms with Crippen LogP contribution in [0.5, 0.6) is 0 Å². The molecule has 1 heterocycles. The number of pyridine rings is 1. The molecule has 0 aliphatic carbocycles. The molecule has 0 aromatic carbocycles. The molecule has 1 rings (SSSR count). The molecular formula is C9H13FN2. The van der Waals surface area contributed by atoms with Crippen molar-refractivity contribution in [2.45, 2.75) is 26.3 Å². The Balaban J connectivity index is 2.96. The Hall–Kier alpha value is -0.960. The van der Waals surface area contributed by atoms with Crippen molar-refractivity contribution in [3.63, 3.8) is 0 Å². The molecule has 0 spiro atoms. The summed E-state index contributed by atoms with van der Waals surface area (Å²) >= 11 is 0. The summed E-state index contributed by atoms with van der Waals surface area (Å²) in [5.74, 6) is -0.415. The molecule has 0 radical (unpaired) electrons. The van der Waals surface area contributed by atoms with Crippen LogP contribution >= 0.6 is 0 Å². The minimum atomic E-state index is -0.415. The summed E-state index contributed by atoms with van der Waals surface area (Å²) in [6, 6.07) is 1.72. The lowest BCUT2D eigenvalue weighted by Crippen LogP contribution is -2.09. The fourth-order valence-electron chi connectivity index (χ4n) is 1.02. The molecule has 0 unspecified atom stereocenters. The minimum absolute atomic E-state index is 0.0307. The van der Waals surface area contributed by atoms with Crippen molar-refractivity contribution < 1.29 is 4.39 Å². The maximum Gasteiger partial charge on any atom is 0.215 e. The number of aryl methyl sites for hydroxylation is 1. The average Bonchev–Trinajstić information content (AvgIpc) is 2.08. The van der Waals surface area contributed by atoms with E-state index in [-0.39, 0.29) is 6.04 Å². The zero-order valence-corrected chi connectivity index (χ0v) is 7.34. The Morgan fingerprint density at radius 3 is 2.83 bits per heavy atom. The normalized spacial score (nSPS) is 13.0. The van der Waals surface area contributed by atoms with Gasteiger partial charge in [0.2, 0.25) is 5.95 Å². The molecule has 66 valence electrons. The van der Waals surface area contributed by atoms with Crippen molar-refractivity contribution in [2.24, 2.45) is 5.73 Å². The zero-order chi connectivity index (χ0) is 9.14. The first-order valence-electron chi connectivity index (χ1n) is 4.02. The van der Waals surface area contributed by atoms with Gasteiger partial charge in [0.15, 0.2) is 0 Å². The second-order valence-electron chi connectivity index (χ2n) is 2.89. The molecule has 0 amide bonds. The third kappa shape index (κ3) is 1.80. The SMILES string of the molecule is CC[C@@H](N)c1cnc(F)c(C)c1. The molecule has 2 nitrogen and oxygen atoms in total. The van der Waals surface area contributed by atoms with Crippen LogP contribution in [-0.2, 0) is 0 Å². The first kappa shape index (κ1) is 9.13. The van der Waals surface area contributed by atoms with E-state index in [0.717, 1.165) is 12.0 Å². The third-order valence-electron chi connectivity index (χ3n) is 1.90. The maximum absolute atomic E-state index is 12.7. The fraction of sp³-hybridized carbons (Fsp3) is 0.444. The number of aromatic nitrogens is 1. The highest BCUT2D eigenvalue weighted by atomic mass is 19.1. The maximum atomic E-state index is 12.7. The number of halogens is 1. The van der Waals surface area contributed by atoms with Crippen LogP contribution in [0.2, 0.25) is 0 Å². The number of hydrogen-bond acceptors (Lipinski definition) is 2. The van der Waals surface area contributed by atoms with Crippen molar-refractivity contribution in [1.82, 2.24) is 4.98 Å². The van der Waals surface area contributed by atoms with Gasteiger partial charge in [0, 0.05) is 17.8 Å². The molecule has 1 atom stereocenters. The Bertz CT molecular complexity index is 273. The van der Waals surface area contributed by atoms with E-state index in [2.05, 4.69) is 4.98 Å². The molecule has 0 saturated heterocycles. The minimum Gasteiger partial charge on any atom is -0.324 e. The molecule has 2 N–H and O–H groups in total. The van der Waals surface area contributed by atoms with Gasteiger partial charge < -0.3 is 5.73 Å². The van der Waals surface area contributed by atoms with Crippen molar-refractivity contribution in [3.05, 3.63) is 29.3 Å². The van der Waals surface area contributed by atoms with Gasteiger partial charge in [-0.05, 0) is 25.0 Å². The van der Waals surface area contributed by atoms with Crippen LogP contribution < -0.4 is 5.73 Å². The number of rotatable bonds is 2. The fourth-order valence-corrected chi connectivity index (χ4v) is 1.02. The topological polar surface area (TPSA) is 38.9 Å². The van der Waals surface area contributed by atoms with Gasteiger partial charge in [-0.15, -0.1) is 0 Å². The van der Waals surface area contributed by atoms with Gasteiger partial charge in [0.1, 0.15) is 0 Å². The van der Waals surface area contributed by atoms with Crippen molar-refractivity contribution in [1.29, 1.82) is 0 Å². The van der Waals surface area contributed by atoms with E-state index in [1.165, 1.54) is 6.20 Å². The van der Waals surface area contributed by atoms with Crippen molar-refractivity contribution >= 4 is 0 Å². The zero-order valence-electron chi connectivity index (χ0n) is 7.34. The van der Waals surface area contributed by atoms with E-state index in [0.29, 0.717) is 5.56 Å². The molecule has 0 aliphatic heterocycles. The molecule has 1 aromatic heterocycles. The van der Waals surface area contributed by atoms with Gasteiger partial charge in [0.25, 0.3) is 0 Å². The summed E-state index contributed by atoms with van der Waals surface area (Å²) < 4.78 is 12.7. The Labute approximate surface area is 71.6 Å². The first-order chi connectivity index (χ1) is 5.65. The van der Waals surface area contributed by atoms with Crippen LogP contribution in [0.25, 0.3) is 0 Å². The molecule has 1 aromatic rings. The lowest BCUT2D eigenvalue weighted by molar-refractivity contribution is 0.569. The van der Waals surface area contributed by atoms with Crippen molar-refractivity contribution in [3.8, 4) is 0 Å². The summed E-state index contributed by atoms with van der Waals surface area (Å²) in [5.41, 5.74) is 7.20. The predicted octanol–water partition coefficient (Wildman–Crippen LogP) is 1.94. The summed E-state index contributed by atoms with van der Waals surface area (Å²) in [4.78, 5) is 3.60. The van der Waals surface area contributed by atoms with Gasteiger partial charge >= 0.3 is 0 Å². The van der Waals surface area contributed by atoms with Crippen molar-refractivity contribution in [2.75, 3.05) is 0 Å². The average molecular weight is 168 g/mol. The lowest BCUT2D eigenvalue weighted by Gasteiger charge is -2.08. The van der Waals surface area contributed by atoms with Gasteiger partial charge in [0.05, 0.1) is 0 Å². The molecule has 0 fully saturated rings. The van der Waals surface area contributed by atoms with Crippen LogP contribution in [0.1, 0.15) is 30.5 Å². The van der Waals surface area contributed by atoms with E-state index in [4.69, 9.17) is 5.73 Å². The number of hydrogen-bond donors (Lipinski definition) is 1. The smallest absolute Gasteiger partial charge is 0.215 e. The van der Waals surface area contributed by atoms with Crippen LogP contribution in [0.3, 0.4) is 0 Å². The number of nitrogens with two attached hydrogens (primary N) is 1. The lowest BCUT2D eigenvalue weighted by atomic mass is 10.1. The highest BCUT2D eigenvalue weighted by Gasteiger charge is 2.05. The van der Waals surface area contributed by atoms with E-state index in [9.17, 15) is 4.39 Å².